The Morgan fingerprint density at radius 3 is 2.00 bits per heavy atom. The van der Waals surface area contributed by atoms with Crippen LogP contribution in [0.1, 0.15) is 5.56 Å². The minimum Gasteiger partial charge on any atom is -0.400 e. The Morgan fingerprint density at radius 2 is 1.39 bits per heavy atom. The zero-order valence-electron chi connectivity index (χ0n) is 17.8. The van der Waals surface area contributed by atoms with E-state index in [2.05, 4.69) is 15.1 Å². The Morgan fingerprint density at radius 1 is 0.788 bits per heavy atom. The van der Waals surface area contributed by atoms with Crippen LogP contribution < -0.4 is 14.1 Å². The lowest BCUT2D eigenvalue weighted by atomic mass is 10.2. The largest absolute Gasteiger partial charge is 0.542 e. The van der Waals surface area contributed by atoms with E-state index in [1.54, 1.807) is 71.6 Å². The van der Waals surface area contributed by atoms with Crippen molar-refractivity contribution in [1.82, 2.24) is 14.5 Å². The van der Waals surface area contributed by atoms with Crippen molar-refractivity contribution < 1.29 is 13.6 Å². The van der Waals surface area contributed by atoms with Gasteiger partial charge in [0.2, 0.25) is 5.95 Å². The van der Waals surface area contributed by atoms with E-state index < -0.39 is 7.75 Å². The maximum absolute atomic E-state index is 14.0. The first-order valence-corrected chi connectivity index (χ1v) is 11.9. The van der Waals surface area contributed by atoms with E-state index in [4.69, 9.17) is 9.05 Å². The zero-order chi connectivity index (χ0) is 22.7. The molecule has 0 amide bonds. The Labute approximate surface area is 191 Å². The molecule has 0 aliphatic rings. The molecule has 3 aromatic carbocycles. The van der Waals surface area contributed by atoms with Crippen LogP contribution in [0, 0.1) is 6.92 Å². The van der Waals surface area contributed by atoms with Gasteiger partial charge in [0.15, 0.2) is 0 Å². The van der Waals surface area contributed by atoms with Crippen molar-refractivity contribution in [2.75, 3.05) is 5.09 Å². The SMILES string of the molecule is Cc1ccc2c(c1)cc(NP(=O)(Oc1ccccc1)Oc1ccccc1)n2-c1ncccn1. The number of benzene rings is 3. The van der Waals surface area contributed by atoms with Crippen molar-refractivity contribution in [2.24, 2.45) is 0 Å². The molecule has 0 saturated heterocycles. The lowest BCUT2D eigenvalue weighted by Gasteiger charge is -2.21. The number of nitrogens with one attached hydrogen (secondary N) is 1. The van der Waals surface area contributed by atoms with Gasteiger partial charge in [-0.15, -0.1) is 0 Å². The number of fused-ring (bicyclic) bond motifs is 1. The molecule has 0 radical (unpaired) electrons. The van der Waals surface area contributed by atoms with Gasteiger partial charge in [-0.05, 0) is 55.5 Å². The highest BCUT2D eigenvalue weighted by Gasteiger charge is 2.31. The molecule has 0 bridgehead atoms. The standard InChI is InChI=1S/C25H21N4O3P/c1-19-13-14-23-20(17-19)18-24(29(23)25-26-15-8-16-27-25)28-33(30,31-21-9-4-2-5-10-21)32-22-11-6-3-7-12-22/h2-18H,1H3,(H,28,30). The molecule has 0 saturated carbocycles. The summed E-state index contributed by atoms with van der Waals surface area (Å²) in [7, 11) is -3.93. The van der Waals surface area contributed by atoms with Gasteiger partial charge in [-0.3, -0.25) is 9.65 Å². The van der Waals surface area contributed by atoms with E-state index in [1.165, 1.54) is 0 Å². The van der Waals surface area contributed by atoms with Gasteiger partial charge in [-0.1, -0.05) is 48.0 Å². The summed E-state index contributed by atoms with van der Waals surface area (Å²) >= 11 is 0. The average Bonchev–Trinajstić information content (AvgIpc) is 3.17. The number of rotatable bonds is 7. The van der Waals surface area contributed by atoms with Gasteiger partial charge in [-0.25, -0.2) is 14.5 Å². The van der Waals surface area contributed by atoms with Gasteiger partial charge in [0.25, 0.3) is 0 Å². The molecule has 5 rings (SSSR count). The van der Waals surface area contributed by atoms with E-state index in [1.807, 2.05) is 43.3 Å². The number of anilines is 1. The van der Waals surface area contributed by atoms with Crippen LogP contribution in [-0.4, -0.2) is 14.5 Å². The van der Waals surface area contributed by atoms with E-state index in [0.717, 1.165) is 16.5 Å². The van der Waals surface area contributed by atoms with E-state index in [0.29, 0.717) is 23.3 Å². The van der Waals surface area contributed by atoms with Crippen LogP contribution in [0.25, 0.3) is 16.9 Å². The average molecular weight is 456 g/mol. The van der Waals surface area contributed by atoms with Crippen LogP contribution in [0.3, 0.4) is 0 Å². The molecule has 2 aromatic heterocycles. The minimum atomic E-state index is -3.93. The highest BCUT2D eigenvalue weighted by molar-refractivity contribution is 7.56. The fraction of sp³-hybridized carbons (Fsp3) is 0.0400. The number of hydrogen-bond donors (Lipinski definition) is 1. The lowest BCUT2D eigenvalue weighted by Crippen LogP contribution is -2.13. The van der Waals surface area contributed by atoms with E-state index in [9.17, 15) is 4.57 Å². The van der Waals surface area contributed by atoms with Crippen molar-refractivity contribution in [2.45, 2.75) is 6.92 Å². The summed E-state index contributed by atoms with van der Waals surface area (Å²) in [5.74, 6) is 1.75. The Hall–Kier alpha value is -4.09. The fourth-order valence-electron chi connectivity index (χ4n) is 3.48. The van der Waals surface area contributed by atoms with Crippen LogP contribution in [0.15, 0.2) is 103 Å². The van der Waals surface area contributed by atoms with Crippen molar-refractivity contribution in [3.05, 3.63) is 109 Å². The molecule has 2 heterocycles. The topological polar surface area (TPSA) is 78.3 Å². The first-order chi connectivity index (χ1) is 16.1. The Kier molecular flexibility index (Phi) is 5.55. The van der Waals surface area contributed by atoms with Crippen molar-refractivity contribution >= 4 is 24.5 Å². The minimum absolute atomic E-state index is 0.415. The Balaban J connectivity index is 1.61. The van der Waals surface area contributed by atoms with Crippen molar-refractivity contribution in [1.29, 1.82) is 0 Å². The van der Waals surface area contributed by atoms with Gasteiger partial charge >= 0.3 is 7.75 Å². The van der Waals surface area contributed by atoms with Crippen LogP contribution in [0.4, 0.5) is 5.82 Å². The number of hydrogen-bond acceptors (Lipinski definition) is 5. The smallest absolute Gasteiger partial charge is 0.400 e. The van der Waals surface area contributed by atoms with E-state index >= 15 is 0 Å². The van der Waals surface area contributed by atoms with Gasteiger partial charge < -0.3 is 9.05 Å². The second kappa shape index (κ2) is 8.81. The second-order valence-corrected chi connectivity index (χ2v) is 8.98. The molecule has 0 unspecified atom stereocenters. The molecule has 0 aliphatic carbocycles. The molecule has 1 N–H and O–H groups in total. The van der Waals surface area contributed by atoms with Gasteiger partial charge in [0.1, 0.15) is 17.3 Å². The van der Waals surface area contributed by atoms with Crippen LogP contribution >= 0.6 is 7.75 Å². The van der Waals surface area contributed by atoms with Gasteiger partial charge in [-0.2, -0.15) is 0 Å². The molecular formula is C25H21N4O3P. The second-order valence-electron chi connectivity index (χ2n) is 7.39. The molecule has 8 heteroatoms. The van der Waals surface area contributed by atoms with Crippen LogP contribution in [0.5, 0.6) is 11.5 Å². The van der Waals surface area contributed by atoms with E-state index in [-0.39, 0.29) is 0 Å². The maximum Gasteiger partial charge on any atom is 0.542 e. The summed E-state index contributed by atoms with van der Waals surface area (Å²) in [6.45, 7) is 2.02. The van der Waals surface area contributed by atoms with Gasteiger partial charge in [0.05, 0.1) is 5.52 Å². The monoisotopic (exact) mass is 456 g/mol. The third kappa shape index (κ3) is 4.59. The molecule has 0 fully saturated rings. The van der Waals surface area contributed by atoms with Crippen molar-refractivity contribution in [3.63, 3.8) is 0 Å². The third-order valence-corrected chi connectivity index (χ3v) is 6.30. The molecule has 0 aliphatic heterocycles. The predicted octanol–water partition coefficient (Wildman–Crippen LogP) is 6.41. The molecule has 33 heavy (non-hydrogen) atoms. The lowest BCUT2D eigenvalue weighted by molar-refractivity contribution is 0.392. The summed E-state index contributed by atoms with van der Waals surface area (Å²) in [5, 5.41) is 3.96. The summed E-state index contributed by atoms with van der Waals surface area (Å²) < 4.78 is 27.6. The molecule has 164 valence electrons. The summed E-state index contributed by atoms with van der Waals surface area (Å²) in [5.41, 5.74) is 1.96. The summed E-state index contributed by atoms with van der Waals surface area (Å²) in [6.07, 6.45) is 3.32. The molecule has 5 aromatic rings. The zero-order valence-corrected chi connectivity index (χ0v) is 18.7. The van der Waals surface area contributed by atoms with Crippen LogP contribution in [0.2, 0.25) is 0 Å². The predicted molar refractivity (Wildman–Crippen MR) is 129 cm³/mol. The molecule has 7 nitrogen and oxygen atoms in total. The van der Waals surface area contributed by atoms with Gasteiger partial charge in [0, 0.05) is 17.8 Å². The Bertz CT molecular complexity index is 1380. The normalized spacial score (nSPS) is 11.3. The van der Waals surface area contributed by atoms with Crippen molar-refractivity contribution in [3.8, 4) is 17.4 Å². The highest BCUT2D eigenvalue weighted by Crippen LogP contribution is 2.49. The number of para-hydroxylation sites is 2. The first kappa shape index (κ1) is 20.8. The fourth-order valence-corrected chi connectivity index (χ4v) is 4.86. The molecular weight excluding hydrogens is 435 g/mol. The van der Waals surface area contributed by atoms with Crippen LogP contribution in [-0.2, 0) is 4.57 Å². The number of aryl methyl sites for hydroxylation is 1. The number of aromatic nitrogens is 3. The summed E-state index contributed by atoms with van der Waals surface area (Å²) in [6, 6.07) is 27.5. The quantitative estimate of drug-likeness (QED) is 0.285. The molecule has 0 spiro atoms. The highest BCUT2D eigenvalue weighted by atomic mass is 31.2. The maximum atomic E-state index is 14.0. The summed E-state index contributed by atoms with van der Waals surface area (Å²) in [4.78, 5) is 8.79. The first-order valence-electron chi connectivity index (χ1n) is 10.4. The molecule has 0 atom stereocenters. The third-order valence-electron chi connectivity index (χ3n) is 4.90. The number of nitrogens with zero attached hydrogens (tertiary/aromatic N) is 3.